The molecule has 1 fully saturated rings. The number of benzene rings is 2. The molecule has 0 radical (unpaired) electrons. The molecule has 4 N–H and O–H groups in total. The third kappa shape index (κ3) is 5.82. The van der Waals surface area contributed by atoms with Gasteiger partial charge in [-0.1, -0.05) is 30.3 Å². The summed E-state index contributed by atoms with van der Waals surface area (Å²) in [6.07, 6.45) is 1.88. The Kier molecular flexibility index (Phi) is 6.44. The molecule has 2 amide bonds. The van der Waals surface area contributed by atoms with Gasteiger partial charge in [-0.05, 0) is 49.2 Å². The number of nitrogens with one attached hydrogen (secondary N) is 2. The van der Waals surface area contributed by atoms with E-state index in [2.05, 4.69) is 15.5 Å². The summed E-state index contributed by atoms with van der Waals surface area (Å²) in [6.45, 7) is 2.70. The van der Waals surface area contributed by atoms with Gasteiger partial charge < -0.3 is 16.4 Å². The number of primary amides is 1. The molecule has 2 aromatic carbocycles. The van der Waals surface area contributed by atoms with Gasteiger partial charge >= 0.3 is 0 Å². The Hall–Kier alpha value is -2.86. The Balaban J connectivity index is 1.47. The molecule has 1 heterocycles. The van der Waals surface area contributed by atoms with E-state index in [9.17, 15) is 9.59 Å². The lowest BCUT2D eigenvalue weighted by Gasteiger charge is -2.31. The number of anilines is 2. The number of likely N-dealkylation sites (tertiary alicyclic amines) is 1. The maximum Gasteiger partial charge on any atom is 0.243 e. The first-order valence-electron chi connectivity index (χ1n) is 9.29. The van der Waals surface area contributed by atoms with Crippen LogP contribution < -0.4 is 16.4 Å². The van der Waals surface area contributed by atoms with Crippen molar-refractivity contribution < 1.29 is 9.59 Å². The van der Waals surface area contributed by atoms with Crippen molar-refractivity contribution in [3.05, 3.63) is 60.2 Å². The molecular formula is C21H26N4O2. The number of para-hydroxylation sites is 1. The predicted octanol–water partition coefficient (Wildman–Crippen LogP) is 2.43. The first kappa shape index (κ1) is 18.9. The number of nitrogens with zero attached hydrogens (tertiary/aromatic N) is 1. The van der Waals surface area contributed by atoms with Gasteiger partial charge in [-0.25, -0.2) is 0 Å². The lowest BCUT2D eigenvalue weighted by molar-refractivity contribution is -0.123. The number of carbonyl (C=O) groups is 2. The van der Waals surface area contributed by atoms with E-state index in [-0.39, 0.29) is 24.3 Å². The summed E-state index contributed by atoms with van der Waals surface area (Å²) in [5, 5.41) is 5.98. The third-order valence-electron chi connectivity index (χ3n) is 4.78. The van der Waals surface area contributed by atoms with Crippen molar-refractivity contribution in [2.45, 2.75) is 19.4 Å². The molecule has 1 aliphatic rings. The van der Waals surface area contributed by atoms with E-state index in [1.54, 1.807) is 0 Å². The third-order valence-corrected chi connectivity index (χ3v) is 4.78. The fourth-order valence-corrected chi connectivity index (χ4v) is 3.33. The molecule has 3 rings (SSSR count). The summed E-state index contributed by atoms with van der Waals surface area (Å²) in [4.78, 5) is 25.7. The Morgan fingerprint density at radius 3 is 2.48 bits per heavy atom. The van der Waals surface area contributed by atoms with Gasteiger partial charge in [0.1, 0.15) is 0 Å². The molecule has 27 heavy (non-hydrogen) atoms. The number of carbonyl (C=O) groups excluding carboxylic acids is 2. The second-order valence-electron chi connectivity index (χ2n) is 6.94. The van der Waals surface area contributed by atoms with E-state index in [1.807, 2.05) is 54.6 Å². The van der Waals surface area contributed by atoms with E-state index in [1.165, 1.54) is 0 Å². The van der Waals surface area contributed by atoms with Crippen molar-refractivity contribution in [1.29, 1.82) is 0 Å². The highest BCUT2D eigenvalue weighted by atomic mass is 16.2. The molecule has 1 unspecified atom stereocenters. The van der Waals surface area contributed by atoms with Gasteiger partial charge in [-0.3, -0.25) is 14.5 Å². The number of piperidine rings is 1. The van der Waals surface area contributed by atoms with Crippen LogP contribution in [0.5, 0.6) is 0 Å². The molecule has 0 spiro atoms. The summed E-state index contributed by atoms with van der Waals surface area (Å²) in [5.74, 6) is -0.344. The van der Waals surface area contributed by atoms with Crippen LogP contribution in [0.15, 0.2) is 54.6 Å². The van der Waals surface area contributed by atoms with Crippen LogP contribution >= 0.6 is 0 Å². The molecule has 0 aromatic heterocycles. The summed E-state index contributed by atoms with van der Waals surface area (Å²) in [6, 6.07) is 17.5. The zero-order valence-electron chi connectivity index (χ0n) is 15.4. The first-order chi connectivity index (χ1) is 13.1. The van der Waals surface area contributed by atoms with Crippen LogP contribution in [-0.4, -0.2) is 36.3 Å². The molecule has 1 atom stereocenters. The second kappa shape index (κ2) is 9.19. The number of nitrogens with two attached hydrogens (primary N) is 1. The standard InChI is InChI=1S/C21H26N4O2/c22-21(27)17-5-4-12-25(15-17)14-16-8-10-19(11-9-16)24-20(26)13-23-18-6-2-1-3-7-18/h1-3,6-11,17,23H,4-5,12-15H2,(H2,22,27)(H,24,26). The zero-order valence-corrected chi connectivity index (χ0v) is 15.4. The van der Waals surface area contributed by atoms with Gasteiger partial charge in [-0.2, -0.15) is 0 Å². The van der Waals surface area contributed by atoms with Gasteiger partial charge in [-0.15, -0.1) is 0 Å². The minimum Gasteiger partial charge on any atom is -0.376 e. The number of hydrogen-bond acceptors (Lipinski definition) is 4. The molecule has 1 saturated heterocycles. The van der Waals surface area contributed by atoms with Crippen LogP contribution in [0.2, 0.25) is 0 Å². The van der Waals surface area contributed by atoms with E-state index < -0.39 is 0 Å². The van der Waals surface area contributed by atoms with E-state index >= 15 is 0 Å². The van der Waals surface area contributed by atoms with Crippen molar-refractivity contribution in [1.82, 2.24) is 4.90 Å². The highest BCUT2D eigenvalue weighted by Crippen LogP contribution is 2.19. The van der Waals surface area contributed by atoms with Gasteiger partial charge in [0.15, 0.2) is 0 Å². The molecule has 0 aliphatic carbocycles. The average molecular weight is 366 g/mol. The number of rotatable bonds is 7. The molecular weight excluding hydrogens is 340 g/mol. The normalized spacial score (nSPS) is 17.3. The molecule has 0 bridgehead atoms. The first-order valence-corrected chi connectivity index (χ1v) is 9.29. The van der Waals surface area contributed by atoms with Crippen molar-refractivity contribution in [2.75, 3.05) is 30.3 Å². The maximum atomic E-state index is 12.1. The summed E-state index contributed by atoms with van der Waals surface area (Å²) < 4.78 is 0. The van der Waals surface area contributed by atoms with Crippen LogP contribution in [0, 0.1) is 5.92 Å². The van der Waals surface area contributed by atoms with Crippen LogP contribution in [0.1, 0.15) is 18.4 Å². The largest absolute Gasteiger partial charge is 0.376 e. The Morgan fingerprint density at radius 2 is 1.78 bits per heavy atom. The lowest BCUT2D eigenvalue weighted by Crippen LogP contribution is -2.40. The van der Waals surface area contributed by atoms with Gasteiger partial charge in [0.2, 0.25) is 11.8 Å². The fourth-order valence-electron chi connectivity index (χ4n) is 3.33. The van der Waals surface area contributed by atoms with E-state index in [0.717, 1.165) is 49.4 Å². The molecule has 6 heteroatoms. The zero-order chi connectivity index (χ0) is 19.1. The quantitative estimate of drug-likeness (QED) is 0.702. The molecule has 0 saturated carbocycles. The van der Waals surface area contributed by atoms with Gasteiger partial charge in [0.05, 0.1) is 12.5 Å². The lowest BCUT2D eigenvalue weighted by atomic mass is 9.97. The Morgan fingerprint density at radius 1 is 1.04 bits per heavy atom. The average Bonchev–Trinajstić information content (AvgIpc) is 2.69. The minimum absolute atomic E-state index is 0.0468. The smallest absolute Gasteiger partial charge is 0.243 e. The predicted molar refractivity (Wildman–Crippen MR) is 107 cm³/mol. The summed E-state index contributed by atoms with van der Waals surface area (Å²) in [5.41, 5.74) is 8.28. The fraction of sp³-hybridized carbons (Fsp3) is 0.333. The molecule has 1 aliphatic heterocycles. The van der Waals surface area contributed by atoms with E-state index in [4.69, 9.17) is 5.73 Å². The van der Waals surface area contributed by atoms with Crippen LogP contribution in [0.25, 0.3) is 0 Å². The highest BCUT2D eigenvalue weighted by molar-refractivity contribution is 5.93. The van der Waals surface area contributed by atoms with Crippen LogP contribution in [-0.2, 0) is 16.1 Å². The highest BCUT2D eigenvalue weighted by Gasteiger charge is 2.23. The van der Waals surface area contributed by atoms with E-state index in [0.29, 0.717) is 0 Å². The Labute approximate surface area is 159 Å². The topological polar surface area (TPSA) is 87.5 Å². The van der Waals surface area contributed by atoms with Crippen LogP contribution in [0.3, 0.4) is 0 Å². The minimum atomic E-state index is -0.207. The SMILES string of the molecule is NC(=O)C1CCCN(Cc2ccc(NC(=O)CNc3ccccc3)cc2)C1. The monoisotopic (exact) mass is 366 g/mol. The van der Waals surface area contributed by atoms with Crippen molar-refractivity contribution in [2.24, 2.45) is 11.7 Å². The second-order valence-corrected chi connectivity index (χ2v) is 6.94. The van der Waals surface area contributed by atoms with Crippen LogP contribution in [0.4, 0.5) is 11.4 Å². The number of amides is 2. The molecule has 2 aromatic rings. The molecule has 6 nitrogen and oxygen atoms in total. The summed E-state index contributed by atoms with van der Waals surface area (Å²) >= 11 is 0. The maximum absolute atomic E-state index is 12.1. The molecule has 142 valence electrons. The van der Waals surface area contributed by atoms with Gasteiger partial charge in [0.25, 0.3) is 0 Å². The summed E-state index contributed by atoms with van der Waals surface area (Å²) in [7, 11) is 0. The van der Waals surface area contributed by atoms with Gasteiger partial charge in [0, 0.05) is 24.5 Å². The van der Waals surface area contributed by atoms with Crippen molar-refractivity contribution >= 4 is 23.2 Å². The van der Waals surface area contributed by atoms with Crippen molar-refractivity contribution in [3.63, 3.8) is 0 Å². The van der Waals surface area contributed by atoms with Crippen molar-refractivity contribution in [3.8, 4) is 0 Å². The Bertz CT molecular complexity index is 762. The number of hydrogen-bond donors (Lipinski definition) is 3.